The van der Waals surface area contributed by atoms with Crippen LogP contribution < -0.4 is 5.32 Å². The number of imidazole rings is 1. The van der Waals surface area contributed by atoms with Gasteiger partial charge in [0, 0.05) is 43.9 Å². The van der Waals surface area contributed by atoms with E-state index in [-0.39, 0.29) is 17.9 Å². The SMILES string of the molecule is CN1C(=O)CC[C@@H]1C(=O)Nc1ccc(-c2cn3c(n2)CCCC3)cc1. The molecule has 0 unspecified atom stereocenters. The molecule has 6 heteroatoms. The smallest absolute Gasteiger partial charge is 0.247 e. The minimum atomic E-state index is -0.368. The molecule has 0 saturated carbocycles. The van der Waals surface area contributed by atoms with E-state index in [4.69, 9.17) is 4.98 Å². The first-order chi connectivity index (χ1) is 12.1. The van der Waals surface area contributed by atoms with E-state index < -0.39 is 0 Å². The molecule has 1 aromatic carbocycles. The molecule has 0 spiro atoms. The number of likely N-dealkylation sites (tertiary alicyclic amines) is 1. The molecule has 0 bridgehead atoms. The lowest BCUT2D eigenvalue weighted by atomic mass is 10.1. The van der Waals surface area contributed by atoms with E-state index in [1.807, 2.05) is 24.3 Å². The molecule has 1 N–H and O–H groups in total. The maximum absolute atomic E-state index is 12.3. The zero-order valence-electron chi connectivity index (χ0n) is 14.4. The first-order valence-electron chi connectivity index (χ1n) is 8.85. The van der Waals surface area contributed by atoms with Crippen LogP contribution in [0.25, 0.3) is 11.3 Å². The van der Waals surface area contributed by atoms with E-state index in [9.17, 15) is 9.59 Å². The Morgan fingerprint density at radius 3 is 2.68 bits per heavy atom. The highest BCUT2D eigenvalue weighted by Gasteiger charge is 2.33. The number of nitrogens with zero attached hydrogens (tertiary/aromatic N) is 3. The number of aromatic nitrogens is 2. The van der Waals surface area contributed by atoms with Gasteiger partial charge in [-0.15, -0.1) is 0 Å². The van der Waals surface area contributed by atoms with Crippen molar-refractivity contribution in [2.45, 2.75) is 44.7 Å². The number of aryl methyl sites for hydroxylation is 2. The number of hydrogen-bond acceptors (Lipinski definition) is 3. The Labute approximate surface area is 146 Å². The lowest BCUT2D eigenvalue weighted by Gasteiger charge is -2.19. The number of amides is 2. The van der Waals surface area contributed by atoms with Crippen molar-refractivity contribution in [3.8, 4) is 11.3 Å². The van der Waals surface area contributed by atoms with Crippen LogP contribution in [0.3, 0.4) is 0 Å². The van der Waals surface area contributed by atoms with Gasteiger partial charge in [-0.3, -0.25) is 9.59 Å². The number of fused-ring (bicyclic) bond motifs is 1. The summed E-state index contributed by atoms with van der Waals surface area (Å²) in [4.78, 5) is 30.2. The maximum Gasteiger partial charge on any atom is 0.247 e. The Kier molecular flexibility index (Phi) is 4.03. The van der Waals surface area contributed by atoms with Crippen LogP contribution in [0.4, 0.5) is 5.69 Å². The summed E-state index contributed by atoms with van der Waals surface area (Å²) < 4.78 is 2.24. The van der Waals surface area contributed by atoms with Gasteiger partial charge >= 0.3 is 0 Å². The van der Waals surface area contributed by atoms with Gasteiger partial charge in [0.25, 0.3) is 0 Å². The average Bonchev–Trinajstić information content (AvgIpc) is 3.19. The zero-order valence-corrected chi connectivity index (χ0v) is 14.4. The Bertz CT molecular complexity index is 786. The van der Waals surface area contributed by atoms with Crippen molar-refractivity contribution in [1.29, 1.82) is 0 Å². The fourth-order valence-electron chi connectivity index (χ4n) is 3.61. The van der Waals surface area contributed by atoms with E-state index in [1.54, 1.807) is 7.05 Å². The number of benzene rings is 1. The summed E-state index contributed by atoms with van der Waals surface area (Å²) in [5, 5.41) is 2.90. The van der Waals surface area contributed by atoms with Crippen LogP contribution in [0.15, 0.2) is 30.5 Å². The maximum atomic E-state index is 12.3. The summed E-state index contributed by atoms with van der Waals surface area (Å²) >= 11 is 0. The number of rotatable bonds is 3. The zero-order chi connectivity index (χ0) is 17.4. The number of hydrogen-bond donors (Lipinski definition) is 1. The number of anilines is 1. The van der Waals surface area contributed by atoms with Crippen molar-refractivity contribution in [3.05, 3.63) is 36.3 Å². The Balaban J connectivity index is 1.46. The van der Waals surface area contributed by atoms with Gasteiger partial charge in [-0.1, -0.05) is 12.1 Å². The second kappa shape index (κ2) is 6.35. The molecular weight excluding hydrogens is 316 g/mol. The topological polar surface area (TPSA) is 67.2 Å². The van der Waals surface area contributed by atoms with Crippen molar-refractivity contribution < 1.29 is 9.59 Å². The number of carbonyl (C=O) groups excluding carboxylic acids is 2. The molecule has 2 aliphatic heterocycles. The third-order valence-electron chi connectivity index (χ3n) is 5.15. The van der Waals surface area contributed by atoms with Crippen LogP contribution in [0, 0.1) is 0 Å². The Morgan fingerprint density at radius 2 is 2.00 bits per heavy atom. The van der Waals surface area contributed by atoms with Crippen LogP contribution in [0.5, 0.6) is 0 Å². The van der Waals surface area contributed by atoms with Gasteiger partial charge < -0.3 is 14.8 Å². The van der Waals surface area contributed by atoms with Gasteiger partial charge in [0.2, 0.25) is 11.8 Å². The quantitative estimate of drug-likeness (QED) is 0.935. The summed E-state index contributed by atoms with van der Waals surface area (Å²) in [7, 11) is 1.68. The molecule has 1 saturated heterocycles. The molecule has 1 fully saturated rings. The van der Waals surface area contributed by atoms with E-state index in [0.29, 0.717) is 12.8 Å². The first-order valence-corrected chi connectivity index (χ1v) is 8.85. The third kappa shape index (κ3) is 3.04. The minimum absolute atomic E-state index is 0.0271. The van der Waals surface area contributed by atoms with Crippen LogP contribution in [0.1, 0.15) is 31.5 Å². The number of nitrogens with one attached hydrogen (secondary N) is 1. The molecule has 2 amide bonds. The lowest BCUT2D eigenvalue weighted by molar-refractivity contribution is -0.131. The molecule has 0 radical (unpaired) electrons. The van der Waals surface area contributed by atoms with Gasteiger partial charge in [-0.25, -0.2) is 4.98 Å². The molecule has 6 nitrogen and oxygen atoms in total. The molecule has 4 rings (SSSR count). The van der Waals surface area contributed by atoms with E-state index in [2.05, 4.69) is 16.1 Å². The molecule has 2 aliphatic rings. The minimum Gasteiger partial charge on any atom is -0.334 e. The van der Waals surface area contributed by atoms with E-state index in [1.165, 1.54) is 17.7 Å². The summed E-state index contributed by atoms with van der Waals surface area (Å²) in [5.74, 6) is 1.06. The number of likely N-dealkylation sites (N-methyl/N-ethyl adjacent to an activating group) is 1. The molecule has 25 heavy (non-hydrogen) atoms. The molecule has 3 heterocycles. The van der Waals surface area contributed by atoms with Crippen molar-refractivity contribution in [2.75, 3.05) is 12.4 Å². The largest absolute Gasteiger partial charge is 0.334 e. The van der Waals surface area contributed by atoms with E-state index in [0.717, 1.165) is 35.7 Å². The van der Waals surface area contributed by atoms with Crippen LogP contribution >= 0.6 is 0 Å². The van der Waals surface area contributed by atoms with Crippen molar-refractivity contribution in [1.82, 2.24) is 14.5 Å². The predicted molar refractivity (Wildman–Crippen MR) is 95.0 cm³/mol. The monoisotopic (exact) mass is 338 g/mol. The van der Waals surface area contributed by atoms with Gasteiger partial charge in [0.1, 0.15) is 11.9 Å². The van der Waals surface area contributed by atoms with Gasteiger partial charge in [-0.05, 0) is 31.4 Å². The summed E-state index contributed by atoms with van der Waals surface area (Å²) in [5.41, 5.74) is 2.77. The highest BCUT2D eigenvalue weighted by Crippen LogP contribution is 2.24. The fraction of sp³-hybridized carbons (Fsp3) is 0.421. The van der Waals surface area contributed by atoms with Crippen molar-refractivity contribution in [3.63, 3.8) is 0 Å². The summed E-state index contributed by atoms with van der Waals surface area (Å²) in [6, 6.07) is 7.37. The third-order valence-corrected chi connectivity index (χ3v) is 5.15. The Hall–Kier alpha value is -2.63. The normalized spacial score (nSPS) is 19.8. The molecule has 1 atom stereocenters. The van der Waals surface area contributed by atoms with Crippen LogP contribution in [-0.4, -0.2) is 39.4 Å². The number of carbonyl (C=O) groups is 2. The molecule has 1 aromatic heterocycles. The molecule has 0 aliphatic carbocycles. The van der Waals surface area contributed by atoms with E-state index >= 15 is 0 Å². The Morgan fingerprint density at radius 1 is 1.20 bits per heavy atom. The first kappa shape index (κ1) is 15.9. The van der Waals surface area contributed by atoms with Crippen LogP contribution in [0.2, 0.25) is 0 Å². The molecular formula is C19H22N4O2. The molecule has 2 aromatic rings. The van der Waals surface area contributed by atoms with Gasteiger partial charge in [-0.2, -0.15) is 0 Å². The van der Waals surface area contributed by atoms with Crippen molar-refractivity contribution in [2.24, 2.45) is 0 Å². The van der Waals surface area contributed by atoms with Gasteiger partial charge in [0.05, 0.1) is 5.69 Å². The average molecular weight is 338 g/mol. The van der Waals surface area contributed by atoms with Crippen LogP contribution in [-0.2, 0) is 22.6 Å². The lowest BCUT2D eigenvalue weighted by Crippen LogP contribution is -2.38. The highest BCUT2D eigenvalue weighted by atomic mass is 16.2. The predicted octanol–water partition coefficient (Wildman–Crippen LogP) is 2.45. The second-order valence-electron chi connectivity index (χ2n) is 6.82. The standard InChI is InChI=1S/C19H22N4O2/c1-22-16(9-10-18(22)24)19(25)20-14-7-5-13(6-8-14)15-12-23-11-3-2-4-17(23)21-15/h5-8,12,16H,2-4,9-11H2,1H3,(H,20,25)/t16-/m1/s1. The second-order valence-corrected chi connectivity index (χ2v) is 6.82. The summed E-state index contributed by atoms with van der Waals surface area (Å²) in [6.45, 7) is 1.05. The van der Waals surface area contributed by atoms with Crippen molar-refractivity contribution >= 4 is 17.5 Å². The van der Waals surface area contributed by atoms with Gasteiger partial charge in [0.15, 0.2) is 0 Å². The molecule has 130 valence electrons. The highest BCUT2D eigenvalue weighted by molar-refractivity contribution is 5.99. The fourth-order valence-corrected chi connectivity index (χ4v) is 3.61. The summed E-state index contributed by atoms with van der Waals surface area (Å²) in [6.07, 6.45) is 6.60.